The number of nitro groups is 1. The van der Waals surface area contributed by atoms with E-state index in [1.54, 1.807) is 13.8 Å². The Labute approximate surface area is 173 Å². The van der Waals surface area contributed by atoms with Gasteiger partial charge >= 0.3 is 11.9 Å². The zero-order valence-electron chi connectivity index (χ0n) is 16.9. The van der Waals surface area contributed by atoms with Crippen molar-refractivity contribution in [3.63, 3.8) is 0 Å². The number of Topliss-reactive ketones (excluding diaryl/α,β-unsaturated/α-hetero) is 1. The van der Waals surface area contributed by atoms with Crippen LogP contribution in [0.1, 0.15) is 33.6 Å². The van der Waals surface area contributed by atoms with Gasteiger partial charge < -0.3 is 9.47 Å². The number of ketones is 1. The third-order valence-electron chi connectivity index (χ3n) is 3.81. The molecule has 30 heavy (non-hydrogen) atoms. The van der Waals surface area contributed by atoms with Gasteiger partial charge in [0.1, 0.15) is 6.10 Å². The third-order valence-corrected chi connectivity index (χ3v) is 5.14. The average molecular weight is 445 g/mol. The zero-order chi connectivity index (χ0) is 23.1. The summed E-state index contributed by atoms with van der Waals surface area (Å²) in [7, 11) is -3.38. The molecule has 0 N–H and O–H groups in total. The van der Waals surface area contributed by atoms with E-state index in [1.807, 2.05) is 0 Å². The number of hydrogen-bond acceptors (Lipinski definition) is 10. The fourth-order valence-corrected chi connectivity index (χ4v) is 3.39. The molecule has 1 aromatic rings. The van der Waals surface area contributed by atoms with Crippen LogP contribution in [0.15, 0.2) is 29.2 Å². The smallest absolute Gasteiger partial charge is 0.347 e. The molecule has 0 amide bonds. The quantitative estimate of drug-likeness (QED) is 0.213. The minimum absolute atomic E-state index is 0.00994. The van der Waals surface area contributed by atoms with E-state index < -0.39 is 56.3 Å². The lowest BCUT2D eigenvalue weighted by molar-refractivity contribution is -0.384. The summed E-state index contributed by atoms with van der Waals surface area (Å²) < 4.78 is 39.2. The van der Waals surface area contributed by atoms with Crippen LogP contribution < -0.4 is 0 Å². The number of carbonyl (C=O) groups is 3. The molecular formula is C18H23NO10S. The van der Waals surface area contributed by atoms with Crippen molar-refractivity contribution in [1.29, 1.82) is 0 Å². The minimum atomic E-state index is -4.50. The van der Waals surface area contributed by atoms with Gasteiger partial charge in [0.15, 0.2) is 11.9 Å². The first-order valence-corrected chi connectivity index (χ1v) is 10.2. The highest BCUT2D eigenvalue weighted by atomic mass is 32.2. The van der Waals surface area contributed by atoms with Gasteiger partial charge in [-0.05, 0) is 31.4 Å². The first-order valence-electron chi connectivity index (χ1n) is 8.82. The van der Waals surface area contributed by atoms with Crippen LogP contribution in [0.4, 0.5) is 5.69 Å². The Morgan fingerprint density at radius 3 is 2.10 bits per heavy atom. The van der Waals surface area contributed by atoms with Crippen LogP contribution >= 0.6 is 0 Å². The Morgan fingerprint density at radius 1 is 1.10 bits per heavy atom. The van der Waals surface area contributed by atoms with E-state index in [0.717, 1.165) is 38.3 Å². The van der Waals surface area contributed by atoms with Gasteiger partial charge in [-0.1, -0.05) is 13.8 Å². The maximum atomic E-state index is 12.4. The molecule has 0 aliphatic carbocycles. The molecular weight excluding hydrogens is 422 g/mol. The van der Waals surface area contributed by atoms with Crippen molar-refractivity contribution in [2.75, 3.05) is 7.11 Å². The molecule has 0 aromatic heterocycles. The summed E-state index contributed by atoms with van der Waals surface area (Å²) in [5.41, 5.74) is -0.334. The maximum absolute atomic E-state index is 12.4. The second-order valence-electron chi connectivity index (χ2n) is 6.74. The van der Waals surface area contributed by atoms with Gasteiger partial charge in [-0.15, -0.1) is 0 Å². The standard InChI is InChI=1S/C18H23NO10S/c1-11(2)9-16(18(22)27-4)28-17(21)10-15(12(3)20)29-30(25,26)14-7-5-13(6-8-14)19(23)24/h5-8,11,15-16H,9-10H2,1-4H3/t15?,16-/m0/s1. The molecule has 0 heterocycles. The largest absolute Gasteiger partial charge is 0.466 e. The van der Waals surface area contributed by atoms with Gasteiger partial charge in [0.2, 0.25) is 0 Å². The monoisotopic (exact) mass is 445 g/mol. The van der Waals surface area contributed by atoms with Crippen LogP contribution in [-0.4, -0.2) is 50.4 Å². The lowest BCUT2D eigenvalue weighted by atomic mass is 10.1. The summed E-state index contributed by atoms with van der Waals surface area (Å²) >= 11 is 0. The molecule has 1 unspecified atom stereocenters. The maximum Gasteiger partial charge on any atom is 0.347 e. The predicted molar refractivity (Wildman–Crippen MR) is 102 cm³/mol. The van der Waals surface area contributed by atoms with Crippen molar-refractivity contribution in [2.24, 2.45) is 5.92 Å². The van der Waals surface area contributed by atoms with Gasteiger partial charge in [-0.25, -0.2) is 4.79 Å². The summed E-state index contributed by atoms with van der Waals surface area (Å²) in [6.45, 7) is 4.61. The number of rotatable bonds is 11. The van der Waals surface area contributed by atoms with Crippen molar-refractivity contribution >= 4 is 33.5 Å². The third kappa shape index (κ3) is 7.52. The molecule has 166 valence electrons. The van der Waals surface area contributed by atoms with Crippen molar-refractivity contribution in [2.45, 2.75) is 50.7 Å². The zero-order valence-corrected chi connectivity index (χ0v) is 17.7. The fourth-order valence-electron chi connectivity index (χ4n) is 2.30. The SMILES string of the molecule is COC(=O)[C@H](CC(C)C)OC(=O)CC(OS(=O)(=O)c1ccc([N+](=O)[O-])cc1)C(C)=O. The summed E-state index contributed by atoms with van der Waals surface area (Å²) in [6, 6.07) is 3.80. The molecule has 0 aliphatic heterocycles. The topological polar surface area (TPSA) is 156 Å². The van der Waals surface area contributed by atoms with E-state index in [2.05, 4.69) is 4.74 Å². The lowest BCUT2D eigenvalue weighted by Gasteiger charge is -2.19. The number of ether oxygens (including phenoxy) is 2. The molecule has 0 spiro atoms. The molecule has 12 heteroatoms. The number of carbonyl (C=O) groups excluding carboxylic acids is 3. The molecule has 0 radical (unpaired) electrons. The highest BCUT2D eigenvalue weighted by molar-refractivity contribution is 7.86. The first kappa shape index (κ1) is 25.2. The molecule has 2 atom stereocenters. The fraction of sp³-hybridized carbons (Fsp3) is 0.500. The van der Waals surface area contributed by atoms with Crippen molar-refractivity contribution < 1.29 is 41.4 Å². The summed E-state index contributed by atoms with van der Waals surface area (Å²) in [5.74, 6) is -2.58. The molecule has 0 bridgehead atoms. The first-order chi connectivity index (χ1) is 13.9. The van der Waals surface area contributed by atoms with Crippen LogP contribution in [0.2, 0.25) is 0 Å². The Kier molecular flexibility index (Phi) is 9.05. The van der Waals surface area contributed by atoms with E-state index in [0.29, 0.717) is 0 Å². The summed E-state index contributed by atoms with van der Waals surface area (Å²) in [4.78, 5) is 45.3. The van der Waals surface area contributed by atoms with Crippen molar-refractivity contribution in [3.8, 4) is 0 Å². The van der Waals surface area contributed by atoms with E-state index in [9.17, 15) is 32.9 Å². The minimum Gasteiger partial charge on any atom is -0.466 e. The van der Waals surface area contributed by atoms with Crippen LogP contribution in [0.25, 0.3) is 0 Å². The van der Waals surface area contributed by atoms with E-state index in [-0.39, 0.29) is 18.0 Å². The molecule has 0 saturated heterocycles. The average Bonchev–Trinajstić information content (AvgIpc) is 2.65. The number of non-ortho nitro benzene ring substituents is 1. The van der Waals surface area contributed by atoms with Crippen LogP contribution in [0.3, 0.4) is 0 Å². The normalized spacial score (nSPS) is 13.4. The van der Waals surface area contributed by atoms with Gasteiger partial charge in [0.25, 0.3) is 15.8 Å². The molecule has 0 saturated carbocycles. The number of methoxy groups -OCH3 is 1. The van der Waals surface area contributed by atoms with Gasteiger partial charge in [0.05, 0.1) is 23.3 Å². The van der Waals surface area contributed by atoms with Gasteiger partial charge in [-0.2, -0.15) is 8.42 Å². The predicted octanol–water partition coefficient (Wildman–Crippen LogP) is 1.78. The second kappa shape index (κ2) is 10.8. The Bertz CT molecular complexity index is 892. The molecule has 1 rings (SSSR count). The highest BCUT2D eigenvalue weighted by Gasteiger charge is 2.31. The van der Waals surface area contributed by atoms with Crippen LogP contribution in [0, 0.1) is 16.0 Å². The number of hydrogen-bond donors (Lipinski definition) is 0. The van der Waals surface area contributed by atoms with E-state index >= 15 is 0 Å². The summed E-state index contributed by atoms with van der Waals surface area (Å²) in [5, 5.41) is 10.7. The number of esters is 2. The lowest BCUT2D eigenvalue weighted by Crippen LogP contribution is -2.34. The highest BCUT2D eigenvalue weighted by Crippen LogP contribution is 2.20. The Morgan fingerprint density at radius 2 is 1.67 bits per heavy atom. The molecule has 0 aliphatic rings. The van der Waals surface area contributed by atoms with Crippen LogP contribution in [0.5, 0.6) is 0 Å². The number of nitro benzene ring substituents is 1. The van der Waals surface area contributed by atoms with Gasteiger partial charge in [0, 0.05) is 12.1 Å². The molecule has 1 aromatic carbocycles. The molecule has 11 nitrogen and oxygen atoms in total. The van der Waals surface area contributed by atoms with Gasteiger partial charge in [-0.3, -0.25) is 23.9 Å². The van der Waals surface area contributed by atoms with Crippen LogP contribution in [-0.2, 0) is 38.2 Å². The molecule has 0 fully saturated rings. The van der Waals surface area contributed by atoms with Crippen molar-refractivity contribution in [3.05, 3.63) is 34.4 Å². The number of benzene rings is 1. The van der Waals surface area contributed by atoms with E-state index in [1.165, 1.54) is 0 Å². The Balaban J connectivity index is 2.93. The second-order valence-corrected chi connectivity index (χ2v) is 8.31. The number of nitrogens with zero attached hydrogens (tertiary/aromatic N) is 1. The summed E-state index contributed by atoms with van der Waals surface area (Å²) in [6.07, 6.45) is -3.49. The van der Waals surface area contributed by atoms with Crippen molar-refractivity contribution in [1.82, 2.24) is 0 Å². The van der Waals surface area contributed by atoms with E-state index in [4.69, 9.17) is 8.92 Å². The Hall–Kier alpha value is -2.86.